The van der Waals surface area contributed by atoms with Crippen LogP contribution < -0.4 is 5.32 Å². The maximum absolute atomic E-state index is 12.3. The number of hydrogen-bond acceptors (Lipinski definition) is 2. The van der Waals surface area contributed by atoms with Gasteiger partial charge in [-0.15, -0.1) is 0 Å². The molecule has 2 N–H and O–H groups in total. The van der Waals surface area contributed by atoms with Crippen LogP contribution in [-0.4, -0.2) is 15.9 Å². The summed E-state index contributed by atoms with van der Waals surface area (Å²) in [4.78, 5) is 19.5. The maximum Gasteiger partial charge on any atom is 0.251 e. The highest BCUT2D eigenvalue weighted by Crippen LogP contribution is 2.22. The number of carbonyl (C=O) groups is 1. The molecule has 1 aliphatic rings. The van der Waals surface area contributed by atoms with Gasteiger partial charge in [-0.2, -0.15) is 0 Å². The number of nitrogens with zero attached hydrogens (tertiary/aromatic N) is 1. The summed E-state index contributed by atoms with van der Waals surface area (Å²) in [6.45, 7) is 0.563. The van der Waals surface area contributed by atoms with E-state index in [9.17, 15) is 4.79 Å². The molecule has 0 spiro atoms. The Bertz CT molecular complexity index is 850. The minimum atomic E-state index is -0.0583. The number of hydrogen-bond donors (Lipinski definition) is 2. The number of benzene rings is 2. The van der Waals surface area contributed by atoms with Crippen LogP contribution in [0.5, 0.6) is 0 Å². The molecule has 22 heavy (non-hydrogen) atoms. The van der Waals surface area contributed by atoms with Crippen LogP contribution in [0.1, 0.15) is 33.5 Å². The number of carbonyl (C=O) groups excluding carboxylic acids is 1. The molecule has 0 saturated heterocycles. The first kappa shape index (κ1) is 13.1. The summed E-state index contributed by atoms with van der Waals surface area (Å²) in [6.07, 6.45) is 5.23. The third kappa shape index (κ3) is 2.37. The molecule has 0 fully saturated rings. The predicted molar refractivity (Wildman–Crippen MR) is 85.7 cm³/mol. The van der Waals surface area contributed by atoms with E-state index >= 15 is 0 Å². The van der Waals surface area contributed by atoms with Gasteiger partial charge in [0, 0.05) is 12.1 Å². The van der Waals surface area contributed by atoms with Crippen LogP contribution in [0, 0.1) is 0 Å². The number of nitrogens with one attached hydrogen (secondary N) is 2. The Labute approximate surface area is 128 Å². The van der Waals surface area contributed by atoms with E-state index in [-0.39, 0.29) is 5.91 Å². The number of aromatic amines is 1. The van der Waals surface area contributed by atoms with Gasteiger partial charge in [0.15, 0.2) is 0 Å². The SMILES string of the molecule is O=C(NCc1ccc2c(c1)CCC2)c1ccc2nc[nH]c2c1. The molecule has 0 radical (unpaired) electrons. The van der Waals surface area contributed by atoms with Crippen molar-refractivity contribution in [2.75, 3.05) is 0 Å². The minimum Gasteiger partial charge on any atom is -0.348 e. The van der Waals surface area contributed by atoms with E-state index in [4.69, 9.17) is 0 Å². The summed E-state index contributed by atoms with van der Waals surface area (Å²) in [6, 6.07) is 12.0. The number of fused-ring (bicyclic) bond motifs is 2. The molecule has 0 bridgehead atoms. The smallest absolute Gasteiger partial charge is 0.251 e. The second-order valence-corrected chi connectivity index (χ2v) is 5.77. The van der Waals surface area contributed by atoms with Crippen molar-refractivity contribution in [1.82, 2.24) is 15.3 Å². The van der Waals surface area contributed by atoms with Crippen LogP contribution in [0.2, 0.25) is 0 Å². The first-order valence-electron chi connectivity index (χ1n) is 7.61. The zero-order chi connectivity index (χ0) is 14.9. The second kappa shape index (κ2) is 5.30. The van der Waals surface area contributed by atoms with E-state index in [1.165, 1.54) is 24.0 Å². The fraction of sp³-hybridized carbons (Fsp3) is 0.222. The van der Waals surface area contributed by atoms with Crippen LogP contribution in [0.15, 0.2) is 42.7 Å². The van der Waals surface area contributed by atoms with Crippen LogP contribution in [0.4, 0.5) is 0 Å². The van der Waals surface area contributed by atoms with Crippen molar-refractivity contribution < 1.29 is 4.79 Å². The molecule has 4 rings (SSSR count). The normalized spacial score (nSPS) is 13.3. The molecular formula is C18H17N3O. The molecule has 2 aromatic carbocycles. The third-order valence-corrected chi connectivity index (χ3v) is 4.30. The van der Waals surface area contributed by atoms with Crippen LogP contribution in [0.25, 0.3) is 11.0 Å². The van der Waals surface area contributed by atoms with Crippen molar-refractivity contribution in [2.24, 2.45) is 0 Å². The third-order valence-electron chi connectivity index (χ3n) is 4.30. The van der Waals surface area contributed by atoms with Gasteiger partial charge in [-0.25, -0.2) is 4.98 Å². The monoisotopic (exact) mass is 291 g/mol. The number of amides is 1. The highest BCUT2D eigenvalue weighted by atomic mass is 16.1. The quantitative estimate of drug-likeness (QED) is 0.779. The lowest BCUT2D eigenvalue weighted by atomic mass is 10.1. The summed E-state index contributed by atoms with van der Waals surface area (Å²) in [5.74, 6) is -0.0583. The maximum atomic E-state index is 12.3. The molecule has 1 heterocycles. The topological polar surface area (TPSA) is 57.8 Å². The Balaban J connectivity index is 1.47. The molecule has 0 atom stereocenters. The summed E-state index contributed by atoms with van der Waals surface area (Å²) in [7, 11) is 0. The number of aromatic nitrogens is 2. The Morgan fingerprint density at radius 1 is 1.14 bits per heavy atom. The van der Waals surface area contributed by atoms with Crippen molar-refractivity contribution in [3.05, 3.63) is 65.0 Å². The first-order chi connectivity index (χ1) is 10.8. The molecule has 4 heteroatoms. The van der Waals surface area contributed by atoms with Crippen molar-refractivity contribution >= 4 is 16.9 Å². The van der Waals surface area contributed by atoms with Gasteiger partial charge in [0.1, 0.15) is 0 Å². The van der Waals surface area contributed by atoms with E-state index in [1.54, 1.807) is 12.4 Å². The molecule has 0 aliphatic heterocycles. The van der Waals surface area contributed by atoms with Gasteiger partial charge in [0.05, 0.1) is 17.4 Å². The van der Waals surface area contributed by atoms with Gasteiger partial charge in [-0.1, -0.05) is 18.2 Å². The standard InChI is InChI=1S/C18H17N3O/c22-18(15-6-7-16-17(9-15)21-11-20-16)19-10-12-4-5-13-2-1-3-14(13)8-12/h4-9,11H,1-3,10H2,(H,19,22)(H,20,21). The van der Waals surface area contributed by atoms with Gasteiger partial charge < -0.3 is 10.3 Å². The highest BCUT2D eigenvalue weighted by molar-refractivity contribution is 5.97. The van der Waals surface area contributed by atoms with E-state index in [1.807, 2.05) is 12.1 Å². The lowest BCUT2D eigenvalue weighted by Crippen LogP contribution is -2.22. The van der Waals surface area contributed by atoms with E-state index < -0.39 is 0 Å². The Morgan fingerprint density at radius 3 is 3.00 bits per heavy atom. The van der Waals surface area contributed by atoms with Crippen LogP contribution >= 0.6 is 0 Å². The van der Waals surface area contributed by atoms with Gasteiger partial charge in [-0.05, 0) is 54.2 Å². The average molecular weight is 291 g/mol. The molecule has 0 unspecified atom stereocenters. The van der Waals surface area contributed by atoms with Gasteiger partial charge >= 0.3 is 0 Å². The number of aryl methyl sites for hydroxylation is 2. The fourth-order valence-electron chi connectivity index (χ4n) is 3.10. The first-order valence-corrected chi connectivity index (χ1v) is 7.61. The van der Waals surface area contributed by atoms with Gasteiger partial charge in [0.25, 0.3) is 5.91 Å². The lowest BCUT2D eigenvalue weighted by molar-refractivity contribution is 0.0951. The summed E-state index contributed by atoms with van der Waals surface area (Å²) < 4.78 is 0. The number of H-pyrrole nitrogens is 1. The van der Waals surface area contributed by atoms with Crippen LogP contribution in [0.3, 0.4) is 0 Å². The lowest BCUT2D eigenvalue weighted by Gasteiger charge is -2.07. The largest absolute Gasteiger partial charge is 0.348 e. The van der Waals surface area contributed by atoms with Crippen molar-refractivity contribution in [3.8, 4) is 0 Å². The Hall–Kier alpha value is -2.62. The van der Waals surface area contributed by atoms with E-state index in [0.29, 0.717) is 12.1 Å². The molecule has 1 aliphatic carbocycles. The van der Waals surface area contributed by atoms with Crippen molar-refractivity contribution in [1.29, 1.82) is 0 Å². The molecule has 3 aromatic rings. The number of rotatable bonds is 3. The zero-order valence-electron chi connectivity index (χ0n) is 12.2. The average Bonchev–Trinajstić information content (AvgIpc) is 3.19. The molecule has 4 nitrogen and oxygen atoms in total. The second-order valence-electron chi connectivity index (χ2n) is 5.77. The summed E-state index contributed by atoms with van der Waals surface area (Å²) in [5.41, 5.74) is 6.46. The van der Waals surface area contributed by atoms with Crippen molar-refractivity contribution in [3.63, 3.8) is 0 Å². The highest BCUT2D eigenvalue weighted by Gasteiger charge is 2.12. The predicted octanol–water partition coefficient (Wildman–Crippen LogP) is 2.98. The summed E-state index contributed by atoms with van der Waals surface area (Å²) in [5, 5.41) is 2.99. The molecule has 1 amide bonds. The Kier molecular flexibility index (Phi) is 3.15. The number of imidazole rings is 1. The molecule has 110 valence electrons. The minimum absolute atomic E-state index is 0.0583. The fourth-order valence-corrected chi connectivity index (χ4v) is 3.10. The van der Waals surface area contributed by atoms with Crippen molar-refractivity contribution in [2.45, 2.75) is 25.8 Å². The van der Waals surface area contributed by atoms with Crippen LogP contribution in [-0.2, 0) is 19.4 Å². The van der Waals surface area contributed by atoms with Gasteiger partial charge in [-0.3, -0.25) is 4.79 Å². The molecule has 0 saturated carbocycles. The zero-order valence-corrected chi connectivity index (χ0v) is 12.2. The van der Waals surface area contributed by atoms with E-state index in [2.05, 4.69) is 33.5 Å². The molecular weight excluding hydrogens is 274 g/mol. The van der Waals surface area contributed by atoms with Gasteiger partial charge in [0.2, 0.25) is 0 Å². The van der Waals surface area contributed by atoms with E-state index in [0.717, 1.165) is 23.0 Å². The Morgan fingerprint density at radius 2 is 2.05 bits per heavy atom. The summed E-state index contributed by atoms with van der Waals surface area (Å²) >= 11 is 0. The molecule has 1 aromatic heterocycles.